The molecule has 1 aliphatic carbocycles. The highest BCUT2D eigenvalue weighted by atomic mass is 16.5. The lowest BCUT2D eigenvalue weighted by Gasteiger charge is -2.28. The first-order chi connectivity index (χ1) is 15.0. The zero-order valence-corrected chi connectivity index (χ0v) is 18.3. The minimum Gasteiger partial charge on any atom is -0.497 e. The molecule has 0 bridgehead atoms. The molecule has 0 unspecified atom stereocenters. The summed E-state index contributed by atoms with van der Waals surface area (Å²) < 4.78 is 5.24. The van der Waals surface area contributed by atoms with Crippen molar-refractivity contribution in [1.82, 2.24) is 19.8 Å². The van der Waals surface area contributed by atoms with Crippen LogP contribution in [0.1, 0.15) is 48.3 Å². The summed E-state index contributed by atoms with van der Waals surface area (Å²) in [4.78, 5) is 37.5. The van der Waals surface area contributed by atoms with Crippen molar-refractivity contribution in [2.45, 2.75) is 45.2 Å². The fourth-order valence-electron chi connectivity index (χ4n) is 4.91. The Balaban J connectivity index is 1.28. The molecule has 0 spiro atoms. The Morgan fingerprint density at radius 1 is 1.26 bits per heavy atom. The van der Waals surface area contributed by atoms with Crippen LogP contribution in [0.25, 0.3) is 0 Å². The number of likely N-dealkylation sites (tertiary alicyclic amines) is 1. The normalized spacial score (nSPS) is 25.4. The average molecular weight is 423 g/mol. The highest BCUT2D eigenvalue weighted by Gasteiger charge is 2.43. The topological polar surface area (TPSA) is 78.5 Å². The molecule has 31 heavy (non-hydrogen) atoms. The Labute approximate surface area is 182 Å². The molecule has 2 fully saturated rings. The number of aromatic amines is 1. The number of methoxy groups -OCH3 is 1. The first-order valence-electron chi connectivity index (χ1n) is 11.3. The summed E-state index contributed by atoms with van der Waals surface area (Å²) >= 11 is 0. The van der Waals surface area contributed by atoms with Crippen molar-refractivity contribution in [3.8, 4) is 5.75 Å². The van der Waals surface area contributed by atoms with Gasteiger partial charge in [0, 0.05) is 50.1 Å². The molecule has 1 saturated carbocycles. The Kier molecular flexibility index (Phi) is 5.30. The lowest BCUT2D eigenvalue weighted by Crippen LogP contribution is -2.36. The van der Waals surface area contributed by atoms with E-state index in [4.69, 9.17) is 9.72 Å². The predicted octanol–water partition coefficient (Wildman–Crippen LogP) is 2.31. The minimum absolute atomic E-state index is 0.00955. The first-order valence-corrected chi connectivity index (χ1v) is 11.3. The Morgan fingerprint density at radius 3 is 2.74 bits per heavy atom. The van der Waals surface area contributed by atoms with Gasteiger partial charge in [-0.25, -0.2) is 4.98 Å². The van der Waals surface area contributed by atoms with Crippen LogP contribution in [0.5, 0.6) is 5.75 Å². The number of carbonyl (C=O) groups excluding carboxylic acids is 1. The number of carbonyl (C=O) groups is 1. The fourth-order valence-corrected chi connectivity index (χ4v) is 4.91. The van der Waals surface area contributed by atoms with Crippen molar-refractivity contribution in [3.05, 3.63) is 57.3 Å². The monoisotopic (exact) mass is 422 g/mol. The van der Waals surface area contributed by atoms with Crippen LogP contribution in [0, 0.1) is 11.8 Å². The van der Waals surface area contributed by atoms with Gasteiger partial charge in [0.2, 0.25) is 5.91 Å². The van der Waals surface area contributed by atoms with E-state index < -0.39 is 0 Å². The highest BCUT2D eigenvalue weighted by Crippen LogP contribution is 2.40. The second-order valence-electron chi connectivity index (χ2n) is 9.27. The summed E-state index contributed by atoms with van der Waals surface area (Å²) in [5.74, 6) is 2.72. The van der Waals surface area contributed by atoms with Crippen molar-refractivity contribution in [3.63, 3.8) is 0 Å². The highest BCUT2D eigenvalue weighted by molar-refractivity contribution is 5.81. The SMILES string of the molecule is COc1ccc(CN2CCc3c(nc([C@@H]4CCN(C(=O)[C@H]5C[C@@H]5C)C4)[nH]c3=O)C2)cc1. The maximum atomic E-state index is 12.7. The van der Waals surface area contributed by atoms with Gasteiger partial charge in [0.05, 0.1) is 12.8 Å². The van der Waals surface area contributed by atoms with Crippen molar-refractivity contribution in [2.24, 2.45) is 11.8 Å². The molecule has 5 rings (SSSR count). The van der Waals surface area contributed by atoms with Crippen molar-refractivity contribution < 1.29 is 9.53 Å². The Hall–Kier alpha value is -2.67. The molecule has 164 valence electrons. The van der Waals surface area contributed by atoms with Gasteiger partial charge >= 0.3 is 0 Å². The summed E-state index contributed by atoms with van der Waals surface area (Å²) in [6.07, 6.45) is 2.59. The molecular weight excluding hydrogens is 392 g/mol. The van der Waals surface area contributed by atoms with Crippen LogP contribution < -0.4 is 10.3 Å². The van der Waals surface area contributed by atoms with Crippen LogP contribution in [0.4, 0.5) is 0 Å². The van der Waals surface area contributed by atoms with Gasteiger partial charge in [0.25, 0.3) is 5.56 Å². The van der Waals surface area contributed by atoms with E-state index in [2.05, 4.69) is 28.9 Å². The number of nitrogens with zero attached hydrogens (tertiary/aromatic N) is 3. The van der Waals surface area contributed by atoms with E-state index in [1.54, 1.807) is 7.11 Å². The fraction of sp³-hybridized carbons (Fsp3) is 0.542. The molecular formula is C24H30N4O3. The van der Waals surface area contributed by atoms with Crippen LogP contribution in [0.2, 0.25) is 0 Å². The van der Waals surface area contributed by atoms with Gasteiger partial charge < -0.3 is 14.6 Å². The third kappa shape index (κ3) is 4.11. The van der Waals surface area contributed by atoms with E-state index in [1.807, 2.05) is 17.0 Å². The average Bonchev–Trinajstić information content (AvgIpc) is 3.30. The van der Waals surface area contributed by atoms with Crippen LogP contribution in [-0.2, 0) is 24.3 Å². The molecule has 2 aromatic rings. The number of benzene rings is 1. The molecule has 1 aromatic heterocycles. The van der Waals surface area contributed by atoms with Gasteiger partial charge in [-0.15, -0.1) is 0 Å². The maximum Gasteiger partial charge on any atom is 0.254 e. The molecule has 1 saturated heterocycles. The number of fused-ring (bicyclic) bond motifs is 1. The van der Waals surface area contributed by atoms with Crippen LogP contribution in [0.3, 0.4) is 0 Å². The molecule has 3 aliphatic rings. The molecule has 1 amide bonds. The van der Waals surface area contributed by atoms with E-state index in [1.165, 1.54) is 5.56 Å². The van der Waals surface area contributed by atoms with E-state index >= 15 is 0 Å². The Bertz CT molecular complexity index is 1030. The Morgan fingerprint density at radius 2 is 2.03 bits per heavy atom. The molecule has 3 atom stereocenters. The summed E-state index contributed by atoms with van der Waals surface area (Å²) in [6.45, 7) is 5.90. The van der Waals surface area contributed by atoms with Crippen LogP contribution in [0.15, 0.2) is 29.1 Å². The number of nitrogens with one attached hydrogen (secondary N) is 1. The van der Waals surface area contributed by atoms with Crippen molar-refractivity contribution in [1.29, 1.82) is 0 Å². The molecule has 1 aromatic carbocycles. The lowest BCUT2D eigenvalue weighted by atomic mass is 10.0. The van der Waals surface area contributed by atoms with Gasteiger partial charge in [-0.05, 0) is 42.9 Å². The van der Waals surface area contributed by atoms with Crippen LogP contribution in [-0.4, -0.2) is 52.4 Å². The molecule has 3 heterocycles. The molecule has 1 N–H and O–H groups in total. The molecule has 7 heteroatoms. The summed E-state index contributed by atoms with van der Waals surface area (Å²) in [7, 11) is 1.67. The van der Waals surface area contributed by atoms with Gasteiger partial charge in [0.1, 0.15) is 11.6 Å². The van der Waals surface area contributed by atoms with Gasteiger partial charge in [-0.3, -0.25) is 14.5 Å². The molecule has 2 aliphatic heterocycles. The zero-order chi connectivity index (χ0) is 21.5. The maximum absolute atomic E-state index is 12.7. The number of H-pyrrole nitrogens is 1. The third-order valence-electron chi connectivity index (χ3n) is 7.05. The standard InChI is InChI=1S/C24H30N4O3/c1-15-11-20(15)24(30)28-10-7-17(13-28)22-25-21-14-27(9-8-19(21)23(29)26-22)12-16-3-5-18(31-2)6-4-16/h3-6,15,17,20H,7-14H2,1-2H3,(H,25,26,29)/t15-,17+,20-/m0/s1. The number of ether oxygens (including phenoxy) is 1. The number of amides is 1. The van der Waals surface area contributed by atoms with Crippen LogP contribution >= 0.6 is 0 Å². The molecule has 7 nitrogen and oxygen atoms in total. The second kappa shape index (κ2) is 8.11. The van der Waals surface area contributed by atoms with E-state index in [0.29, 0.717) is 25.4 Å². The van der Waals surface area contributed by atoms with Gasteiger partial charge in [-0.1, -0.05) is 19.1 Å². The predicted molar refractivity (Wildman–Crippen MR) is 117 cm³/mol. The second-order valence-corrected chi connectivity index (χ2v) is 9.27. The van der Waals surface area contributed by atoms with E-state index in [0.717, 1.165) is 55.3 Å². The van der Waals surface area contributed by atoms with Gasteiger partial charge in [-0.2, -0.15) is 0 Å². The summed E-state index contributed by atoms with van der Waals surface area (Å²) in [5.41, 5.74) is 2.91. The smallest absolute Gasteiger partial charge is 0.254 e. The number of rotatable bonds is 5. The lowest BCUT2D eigenvalue weighted by molar-refractivity contribution is -0.131. The third-order valence-corrected chi connectivity index (χ3v) is 7.05. The summed E-state index contributed by atoms with van der Waals surface area (Å²) in [6, 6.07) is 8.11. The minimum atomic E-state index is -0.00955. The van der Waals surface area contributed by atoms with Crippen molar-refractivity contribution in [2.75, 3.05) is 26.7 Å². The van der Waals surface area contributed by atoms with E-state index in [9.17, 15) is 9.59 Å². The first kappa shape index (κ1) is 20.2. The number of hydrogen-bond donors (Lipinski definition) is 1. The largest absolute Gasteiger partial charge is 0.497 e. The number of aromatic nitrogens is 2. The number of hydrogen-bond acceptors (Lipinski definition) is 5. The van der Waals surface area contributed by atoms with E-state index in [-0.39, 0.29) is 23.3 Å². The zero-order valence-electron chi connectivity index (χ0n) is 18.3. The van der Waals surface area contributed by atoms with Gasteiger partial charge in [0.15, 0.2) is 0 Å². The quantitative estimate of drug-likeness (QED) is 0.800. The molecule has 0 radical (unpaired) electrons. The summed E-state index contributed by atoms with van der Waals surface area (Å²) in [5, 5.41) is 0. The van der Waals surface area contributed by atoms with Crippen molar-refractivity contribution >= 4 is 5.91 Å².